The molecule has 5 nitrogen and oxygen atoms in total. The topological polar surface area (TPSA) is 78.4 Å². The van der Waals surface area contributed by atoms with E-state index in [2.05, 4.69) is 10.6 Å². The van der Waals surface area contributed by atoms with Crippen LogP contribution in [0.25, 0.3) is 0 Å². The quantitative estimate of drug-likeness (QED) is 0.713. The van der Waals surface area contributed by atoms with E-state index in [1.165, 1.54) is 24.6 Å². The maximum Gasteiger partial charge on any atom is 0.251 e. The van der Waals surface area contributed by atoms with Gasteiger partial charge in [-0.3, -0.25) is 9.59 Å². The number of benzene rings is 1. The fraction of sp³-hybridized carbons (Fsp3) is 0.556. The van der Waals surface area contributed by atoms with Gasteiger partial charge < -0.3 is 15.7 Å². The second kappa shape index (κ2) is 9.37. The first-order valence-electron chi connectivity index (χ1n) is 8.54. The average molecular weight is 336 g/mol. The van der Waals surface area contributed by atoms with Gasteiger partial charge in [0.25, 0.3) is 5.91 Å². The predicted octanol–water partition coefficient (Wildman–Crippen LogP) is 2.00. The first kappa shape index (κ1) is 18.4. The molecule has 0 heterocycles. The molecule has 0 radical (unpaired) electrons. The van der Waals surface area contributed by atoms with Crippen LogP contribution in [-0.4, -0.2) is 36.1 Å². The van der Waals surface area contributed by atoms with Gasteiger partial charge >= 0.3 is 0 Å². The normalized spacial score (nSPS) is 16.4. The molecule has 132 valence electrons. The highest BCUT2D eigenvalue weighted by atomic mass is 19.1. The van der Waals surface area contributed by atoms with Crippen molar-refractivity contribution in [3.8, 4) is 0 Å². The molecule has 1 aliphatic carbocycles. The molecule has 0 spiro atoms. The molecule has 1 fully saturated rings. The van der Waals surface area contributed by atoms with Crippen LogP contribution in [-0.2, 0) is 4.79 Å². The number of aliphatic hydroxyl groups is 1. The maximum absolute atomic E-state index is 13.1. The van der Waals surface area contributed by atoms with Gasteiger partial charge in [0.15, 0.2) is 0 Å². The van der Waals surface area contributed by atoms with Crippen LogP contribution < -0.4 is 10.6 Å². The fourth-order valence-corrected chi connectivity index (χ4v) is 3.25. The summed E-state index contributed by atoms with van der Waals surface area (Å²) in [5.41, 5.74) is 0.182. The third kappa shape index (κ3) is 5.60. The Kier molecular flexibility index (Phi) is 7.18. The number of hydrogen-bond acceptors (Lipinski definition) is 3. The zero-order valence-corrected chi connectivity index (χ0v) is 13.8. The lowest BCUT2D eigenvalue weighted by Gasteiger charge is -2.30. The lowest BCUT2D eigenvalue weighted by molar-refractivity contribution is -0.121. The number of rotatable bonds is 7. The smallest absolute Gasteiger partial charge is 0.251 e. The third-order valence-electron chi connectivity index (χ3n) is 4.50. The Balaban J connectivity index is 1.83. The number of hydrogen-bond donors (Lipinski definition) is 3. The Morgan fingerprint density at radius 1 is 1.25 bits per heavy atom. The van der Waals surface area contributed by atoms with E-state index >= 15 is 0 Å². The molecular weight excluding hydrogens is 311 g/mol. The van der Waals surface area contributed by atoms with Crippen LogP contribution in [0.4, 0.5) is 4.39 Å². The summed E-state index contributed by atoms with van der Waals surface area (Å²) in [4.78, 5) is 24.0. The van der Waals surface area contributed by atoms with Crippen LogP contribution in [0.1, 0.15) is 48.9 Å². The van der Waals surface area contributed by atoms with Gasteiger partial charge in [-0.05, 0) is 43.4 Å². The Bertz CT molecular complexity index is 559. The lowest BCUT2D eigenvalue weighted by atomic mass is 9.82. The van der Waals surface area contributed by atoms with Gasteiger partial charge in [-0.1, -0.05) is 25.3 Å². The minimum Gasteiger partial charge on any atom is -0.396 e. The fourth-order valence-electron chi connectivity index (χ4n) is 3.25. The number of carbonyl (C=O) groups excluding carboxylic acids is 2. The summed E-state index contributed by atoms with van der Waals surface area (Å²) in [5, 5.41) is 14.6. The van der Waals surface area contributed by atoms with E-state index in [4.69, 9.17) is 0 Å². The van der Waals surface area contributed by atoms with Crippen LogP contribution in [0.2, 0.25) is 0 Å². The van der Waals surface area contributed by atoms with E-state index in [1.807, 2.05) is 0 Å². The van der Waals surface area contributed by atoms with Crippen LogP contribution >= 0.6 is 0 Å². The second-order valence-corrected chi connectivity index (χ2v) is 6.28. The van der Waals surface area contributed by atoms with Crippen LogP contribution in [0.5, 0.6) is 0 Å². The van der Waals surface area contributed by atoms with Crippen molar-refractivity contribution in [1.82, 2.24) is 10.6 Å². The second-order valence-electron chi connectivity index (χ2n) is 6.28. The molecule has 1 unspecified atom stereocenters. The summed E-state index contributed by atoms with van der Waals surface area (Å²) in [5.74, 6) is -0.883. The van der Waals surface area contributed by atoms with Crippen molar-refractivity contribution in [2.75, 3.05) is 13.2 Å². The lowest BCUT2D eigenvalue weighted by Crippen LogP contribution is -2.46. The van der Waals surface area contributed by atoms with Gasteiger partial charge in [-0.2, -0.15) is 0 Å². The molecular formula is C18H25FN2O3. The van der Waals surface area contributed by atoms with Crippen molar-refractivity contribution in [2.45, 2.75) is 44.6 Å². The van der Waals surface area contributed by atoms with Crippen molar-refractivity contribution in [2.24, 2.45) is 5.92 Å². The number of halogens is 1. The largest absolute Gasteiger partial charge is 0.396 e. The number of amides is 2. The molecule has 2 amide bonds. The molecule has 0 aliphatic heterocycles. The third-order valence-corrected chi connectivity index (χ3v) is 4.50. The minimum absolute atomic E-state index is 0.0249. The SMILES string of the molecule is O=C(CNC(=O)c1cccc(F)c1)NC(CCO)C1CCCCC1. The molecule has 6 heteroatoms. The molecule has 2 rings (SSSR count). The zero-order valence-electron chi connectivity index (χ0n) is 13.8. The Morgan fingerprint density at radius 2 is 2.00 bits per heavy atom. The average Bonchev–Trinajstić information content (AvgIpc) is 2.60. The van der Waals surface area contributed by atoms with Gasteiger partial charge in [-0.15, -0.1) is 0 Å². The molecule has 0 bridgehead atoms. The van der Waals surface area contributed by atoms with Gasteiger partial charge in [0.2, 0.25) is 5.91 Å². The van der Waals surface area contributed by atoms with Gasteiger partial charge in [0.05, 0.1) is 6.54 Å². The Morgan fingerprint density at radius 3 is 2.67 bits per heavy atom. The van der Waals surface area contributed by atoms with E-state index < -0.39 is 11.7 Å². The molecule has 0 aromatic heterocycles. The molecule has 1 atom stereocenters. The van der Waals surface area contributed by atoms with Crippen molar-refractivity contribution < 1.29 is 19.1 Å². The maximum atomic E-state index is 13.1. The number of nitrogens with one attached hydrogen (secondary N) is 2. The predicted molar refractivity (Wildman–Crippen MR) is 88.9 cm³/mol. The monoisotopic (exact) mass is 336 g/mol. The van der Waals surface area contributed by atoms with E-state index in [9.17, 15) is 19.1 Å². The summed E-state index contributed by atoms with van der Waals surface area (Å²) in [7, 11) is 0. The number of carbonyl (C=O) groups is 2. The van der Waals surface area contributed by atoms with E-state index in [0.29, 0.717) is 12.3 Å². The van der Waals surface area contributed by atoms with Crippen molar-refractivity contribution in [3.63, 3.8) is 0 Å². The summed E-state index contributed by atoms with van der Waals surface area (Å²) in [6, 6.07) is 5.27. The van der Waals surface area contributed by atoms with Gasteiger partial charge in [0.1, 0.15) is 5.82 Å². The zero-order chi connectivity index (χ0) is 17.4. The highest BCUT2D eigenvalue weighted by molar-refractivity contribution is 5.96. The molecule has 24 heavy (non-hydrogen) atoms. The van der Waals surface area contributed by atoms with E-state index in [1.54, 1.807) is 0 Å². The standard InChI is InChI=1S/C18H25FN2O3/c19-15-8-4-7-14(11-15)18(24)20-12-17(23)21-16(9-10-22)13-5-2-1-3-6-13/h4,7-8,11,13,16,22H,1-3,5-6,9-10,12H2,(H,20,24)(H,21,23). The highest BCUT2D eigenvalue weighted by Crippen LogP contribution is 2.27. The first-order valence-corrected chi connectivity index (χ1v) is 8.54. The summed E-state index contributed by atoms with van der Waals surface area (Å²) >= 11 is 0. The minimum atomic E-state index is -0.493. The van der Waals surface area contributed by atoms with Gasteiger partial charge in [-0.25, -0.2) is 4.39 Å². The molecule has 1 saturated carbocycles. The molecule has 1 aliphatic rings. The summed E-state index contributed by atoms with van der Waals surface area (Å²) in [6.45, 7) is -0.138. The van der Waals surface area contributed by atoms with Gasteiger partial charge in [0, 0.05) is 18.2 Å². The van der Waals surface area contributed by atoms with Crippen LogP contribution in [0, 0.1) is 11.7 Å². The van der Waals surface area contributed by atoms with E-state index in [-0.39, 0.29) is 30.7 Å². The molecule has 3 N–H and O–H groups in total. The first-order chi connectivity index (χ1) is 11.6. The Labute approximate surface area is 141 Å². The van der Waals surface area contributed by atoms with E-state index in [0.717, 1.165) is 31.7 Å². The Hall–Kier alpha value is -1.95. The molecule has 0 saturated heterocycles. The van der Waals surface area contributed by atoms with Crippen LogP contribution in [0.15, 0.2) is 24.3 Å². The molecule has 1 aromatic rings. The number of aliphatic hydroxyl groups excluding tert-OH is 1. The molecule has 1 aromatic carbocycles. The van der Waals surface area contributed by atoms with Crippen molar-refractivity contribution in [1.29, 1.82) is 0 Å². The summed E-state index contributed by atoms with van der Waals surface area (Å²) < 4.78 is 13.1. The highest BCUT2D eigenvalue weighted by Gasteiger charge is 2.24. The van der Waals surface area contributed by atoms with Crippen molar-refractivity contribution in [3.05, 3.63) is 35.6 Å². The summed E-state index contributed by atoms with van der Waals surface area (Å²) in [6.07, 6.45) is 6.16. The van der Waals surface area contributed by atoms with Crippen molar-refractivity contribution >= 4 is 11.8 Å². The van der Waals surface area contributed by atoms with Crippen LogP contribution in [0.3, 0.4) is 0 Å².